The Morgan fingerprint density at radius 2 is 1.70 bits per heavy atom. The minimum Gasteiger partial charge on any atom is -0.350 e. The molecular weight excluding hydrogens is 360 g/mol. The van der Waals surface area contributed by atoms with Gasteiger partial charge >= 0.3 is 0 Å². The molecule has 1 N–H and O–H groups in total. The minimum absolute atomic E-state index is 0.0775. The molecule has 2 aromatic rings. The predicted octanol–water partition coefficient (Wildman–Crippen LogP) is 3.67. The Hall–Kier alpha value is -2.34. The van der Waals surface area contributed by atoms with Gasteiger partial charge < -0.3 is 5.32 Å². The van der Waals surface area contributed by atoms with Crippen LogP contribution in [0.3, 0.4) is 0 Å². The summed E-state index contributed by atoms with van der Waals surface area (Å²) in [5.74, 6) is -0.0823. The molecule has 0 heterocycles. The van der Waals surface area contributed by atoms with Crippen LogP contribution >= 0.6 is 0 Å². The number of aryl methyl sites for hydroxylation is 1. The lowest BCUT2D eigenvalue weighted by Crippen LogP contribution is -2.32. The largest absolute Gasteiger partial charge is 0.350 e. The van der Waals surface area contributed by atoms with Gasteiger partial charge in [0.1, 0.15) is 0 Å². The Balaban J connectivity index is 1.92. The van der Waals surface area contributed by atoms with Crippen LogP contribution in [0.2, 0.25) is 0 Å². The van der Waals surface area contributed by atoms with Gasteiger partial charge in [0, 0.05) is 13.0 Å². The van der Waals surface area contributed by atoms with Crippen molar-refractivity contribution in [3.8, 4) is 0 Å². The molecule has 0 saturated heterocycles. The lowest BCUT2D eigenvalue weighted by Gasteiger charge is -2.23. The number of carbonyl (C=O) groups excluding carboxylic acids is 1. The number of sulfonamides is 1. The van der Waals surface area contributed by atoms with Gasteiger partial charge in [-0.15, -0.1) is 0 Å². The first-order valence-corrected chi connectivity index (χ1v) is 11.1. The topological polar surface area (TPSA) is 66.5 Å². The highest BCUT2D eigenvalue weighted by molar-refractivity contribution is 7.92. The quantitative estimate of drug-likeness (QED) is 0.713. The Morgan fingerprint density at radius 3 is 2.26 bits per heavy atom. The van der Waals surface area contributed by atoms with E-state index in [0.29, 0.717) is 12.1 Å². The average Bonchev–Trinajstić information content (AvgIpc) is 2.65. The zero-order valence-electron chi connectivity index (χ0n) is 16.2. The van der Waals surface area contributed by atoms with E-state index in [0.717, 1.165) is 17.5 Å². The molecule has 2 aromatic carbocycles. The van der Waals surface area contributed by atoms with E-state index < -0.39 is 10.0 Å². The molecule has 1 atom stereocenters. The average molecular weight is 389 g/mol. The molecule has 0 spiro atoms. The Kier molecular flexibility index (Phi) is 7.42. The van der Waals surface area contributed by atoms with Crippen LogP contribution < -0.4 is 9.62 Å². The van der Waals surface area contributed by atoms with Gasteiger partial charge in [0.2, 0.25) is 15.9 Å². The van der Waals surface area contributed by atoms with Gasteiger partial charge in [-0.3, -0.25) is 9.10 Å². The lowest BCUT2D eigenvalue weighted by atomic mass is 10.1. The number of nitrogens with one attached hydrogen (secondary N) is 1. The van der Waals surface area contributed by atoms with Gasteiger partial charge in [-0.05, 0) is 43.0 Å². The minimum atomic E-state index is -3.40. The summed E-state index contributed by atoms with van der Waals surface area (Å²) in [5, 5.41) is 2.96. The number of hydrogen-bond donors (Lipinski definition) is 1. The second-order valence-electron chi connectivity index (χ2n) is 6.66. The lowest BCUT2D eigenvalue weighted by molar-refractivity contribution is -0.121. The predicted molar refractivity (Wildman–Crippen MR) is 110 cm³/mol. The molecular formula is C21H28N2O3S. The molecule has 0 aliphatic rings. The summed E-state index contributed by atoms with van der Waals surface area (Å²) in [7, 11) is -3.40. The standard InChI is InChI=1S/C21H28N2O3S/c1-4-18-12-14-20(15-13-18)23(27(3,25)26)16-8-11-21(24)22-17(2)19-9-6-5-7-10-19/h5-7,9-10,12-15,17H,4,8,11,16H2,1-3H3,(H,22,24)/t17-/m0/s1. The first-order valence-electron chi connectivity index (χ1n) is 9.22. The van der Waals surface area contributed by atoms with E-state index in [-0.39, 0.29) is 24.9 Å². The maximum Gasteiger partial charge on any atom is 0.232 e. The number of rotatable bonds is 9. The highest BCUT2D eigenvalue weighted by Crippen LogP contribution is 2.19. The van der Waals surface area contributed by atoms with Crippen LogP contribution in [0, 0.1) is 0 Å². The summed E-state index contributed by atoms with van der Waals surface area (Å²) in [4.78, 5) is 12.2. The molecule has 0 aromatic heterocycles. The number of amides is 1. The third kappa shape index (κ3) is 6.40. The van der Waals surface area contributed by atoms with Crippen molar-refractivity contribution in [1.82, 2.24) is 5.32 Å². The highest BCUT2D eigenvalue weighted by Gasteiger charge is 2.18. The summed E-state index contributed by atoms with van der Waals surface area (Å²) in [5.41, 5.74) is 2.83. The normalized spacial score (nSPS) is 12.4. The fraction of sp³-hybridized carbons (Fsp3) is 0.381. The first-order chi connectivity index (χ1) is 12.8. The molecule has 6 heteroatoms. The maximum absolute atomic E-state index is 12.2. The molecule has 0 aliphatic heterocycles. The molecule has 0 saturated carbocycles. The number of hydrogen-bond acceptors (Lipinski definition) is 3. The van der Waals surface area contributed by atoms with Crippen LogP contribution in [-0.4, -0.2) is 27.1 Å². The summed E-state index contributed by atoms with van der Waals surface area (Å²) in [6, 6.07) is 17.2. The van der Waals surface area contributed by atoms with Gasteiger partial charge in [-0.2, -0.15) is 0 Å². The molecule has 146 valence electrons. The number of nitrogens with zero attached hydrogens (tertiary/aromatic N) is 1. The van der Waals surface area contributed by atoms with Crippen molar-refractivity contribution in [3.63, 3.8) is 0 Å². The van der Waals surface area contributed by atoms with Crippen LogP contribution in [-0.2, 0) is 21.2 Å². The Morgan fingerprint density at radius 1 is 1.07 bits per heavy atom. The molecule has 5 nitrogen and oxygen atoms in total. The molecule has 1 amide bonds. The van der Waals surface area contributed by atoms with Crippen LogP contribution in [0.15, 0.2) is 54.6 Å². The molecule has 0 radical (unpaired) electrons. The van der Waals surface area contributed by atoms with Gasteiger partial charge in [0.05, 0.1) is 18.0 Å². The molecule has 27 heavy (non-hydrogen) atoms. The van der Waals surface area contributed by atoms with E-state index in [1.807, 2.05) is 61.5 Å². The third-order valence-electron chi connectivity index (χ3n) is 4.48. The van der Waals surface area contributed by atoms with Gasteiger partial charge in [-0.25, -0.2) is 8.42 Å². The van der Waals surface area contributed by atoms with Crippen LogP contribution in [0.1, 0.15) is 43.9 Å². The zero-order chi connectivity index (χ0) is 19.9. The zero-order valence-corrected chi connectivity index (χ0v) is 17.0. The van der Waals surface area contributed by atoms with Gasteiger partial charge in [0.15, 0.2) is 0 Å². The Bertz CT molecular complexity index is 833. The summed E-state index contributed by atoms with van der Waals surface area (Å²) < 4.78 is 25.7. The van der Waals surface area contributed by atoms with Gasteiger partial charge in [-0.1, -0.05) is 49.4 Å². The number of anilines is 1. The van der Waals surface area contributed by atoms with Crippen molar-refractivity contribution < 1.29 is 13.2 Å². The van der Waals surface area contributed by atoms with E-state index in [2.05, 4.69) is 12.2 Å². The van der Waals surface area contributed by atoms with Gasteiger partial charge in [0.25, 0.3) is 0 Å². The van der Waals surface area contributed by atoms with E-state index in [1.54, 1.807) is 0 Å². The van der Waals surface area contributed by atoms with E-state index >= 15 is 0 Å². The van der Waals surface area contributed by atoms with E-state index in [1.165, 1.54) is 10.6 Å². The maximum atomic E-state index is 12.2. The summed E-state index contributed by atoms with van der Waals surface area (Å²) >= 11 is 0. The third-order valence-corrected chi connectivity index (χ3v) is 5.67. The SMILES string of the molecule is CCc1ccc(N(CCCC(=O)N[C@@H](C)c2ccccc2)S(C)(=O)=O)cc1. The molecule has 0 unspecified atom stereocenters. The van der Waals surface area contributed by atoms with E-state index in [4.69, 9.17) is 0 Å². The Labute approximate surface area is 162 Å². The second-order valence-corrected chi connectivity index (χ2v) is 8.57. The fourth-order valence-electron chi connectivity index (χ4n) is 2.91. The summed E-state index contributed by atoms with van der Waals surface area (Å²) in [6.45, 7) is 4.27. The van der Waals surface area contributed by atoms with Crippen LogP contribution in [0.25, 0.3) is 0 Å². The van der Waals surface area contributed by atoms with E-state index in [9.17, 15) is 13.2 Å². The molecule has 0 bridgehead atoms. The molecule has 0 fully saturated rings. The van der Waals surface area contributed by atoms with Crippen LogP contribution in [0.5, 0.6) is 0 Å². The number of carbonyl (C=O) groups is 1. The van der Waals surface area contributed by atoms with Crippen molar-refractivity contribution in [2.75, 3.05) is 17.1 Å². The smallest absolute Gasteiger partial charge is 0.232 e. The summed E-state index contributed by atoms with van der Waals surface area (Å²) in [6.07, 6.45) is 2.82. The second kappa shape index (κ2) is 9.55. The molecule has 2 rings (SSSR count). The van der Waals surface area contributed by atoms with Crippen LogP contribution in [0.4, 0.5) is 5.69 Å². The number of benzene rings is 2. The van der Waals surface area contributed by atoms with Crippen molar-refractivity contribution in [2.45, 2.75) is 39.2 Å². The van der Waals surface area contributed by atoms with Crippen molar-refractivity contribution in [2.24, 2.45) is 0 Å². The molecule has 0 aliphatic carbocycles. The highest BCUT2D eigenvalue weighted by atomic mass is 32.2. The monoisotopic (exact) mass is 388 g/mol. The van der Waals surface area contributed by atoms with Crippen molar-refractivity contribution in [1.29, 1.82) is 0 Å². The van der Waals surface area contributed by atoms with Crippen molar-refractivity contribution >= 4 is 21.6 Å². The first kappa shape index (κ1) is 21.0. The fourth-order valence-corrected chi connectivity index (χ4v) is 3.87. The van der Waals surface area contributed by atoms with Crippen molar-refractivity contribution in [3.05, 3.63) is 65.7 Å².